The highest BCUT2D eigenvalue weighted by Gasteiger charge is 2.42. The fourth-order valence-electron chi connectivity index (χ4n) is 2.78. The number of rotatable bonds is 4. The molecule has 0 radical (unpaired) electrons. The van der Waals surface area contributed by atoms with Gasteiger partial charge in [-0.25, -0.2) is 0 Å². The van der Waals surface area contributed by atoms with E-state index in [-0.39, 0.29) is 5.56 Å². The molecule has 0 spiro atoms. The van der Waals surface area contributed by atoms with Crippen molar-refractivity contribution in [2.75, 3.05) is 0 Å². The Hall–Kier alpha value is -2.27. The maximum absolute atomic E-state index is 13.6. The number of nitrogens with one attached hydrogen (secondary N) is 2. The van der Waals surface area contributed by atoms with E-state index in [0.29, 0.717) is 10.9 Å². The van der Waals surface area contributed by atoms with Gasteiger partial charge in [-0.3, -0.25) is 5.32 Å². The van der Waals surface area contributed by atoms with Crippen molar-refractivity contribution in [3.63, 3.8) is 0 Å². The predicted molar refractivity (Wildman–Crippen MR) is 85.1 cm³/mol. The number of hydrogen-bond acceptors (Lipinski definition) is 1. The average Bonchev–Trinajstić information content (AvgIpc) is 2.96. The molecule has 0 saturated heterocycles. The van der Waals surface area contributed by atoms with E-state index in [9.17, 15) is 13.2 Å². The minimum Gasteiger partial charge on any atom is -0.361 e. The van der Waals surface area contributed by atoms with E-state index in [2.05, 4.69) is 10.3 Å². The summed E-state index contributed by atoms with van der Waals surface area (Å²) in [5.74, 6) is 0. The molecular formula is C18H17F3N2. The van der Waals surface area contributed by atoms with Crippen molar-refractivity contribution in [3.05, 3.63) is 71.9 Å². The Morgan fingerprint density at radius 1 is 0.957 bits per heavy atom. The summed E-state index contributed by atoms with van der Waals surface area (Å²) in [6.07, 6.45) is -2.94. The minimum absolute atomic E-state index is 0.218. The highest BCUT2D eigenvalue weighted by molar-refractivity contribution is 5.83. The monoisotopic (exact) mass is 318 g/mol. The number of aromatic nitrogens is 1. The molecule has 0 aliphatic heterocycles. The summed E-state index contributed by atoms with van der Waals surface area (Å²) in [6, 6.07) is 14.0. The van der Waals surface area contributed by atoms with Crippen LogP contribution in [0.4, 0.5) is 13.2 Å². The zero-order chi connectivity index (χ0) is 16.4. The van der Waals surface area contributed by atoms with Gasteiger partial charge in [-0.1, -0.05) is 48.5 Å². The number of H-pyrrole nitrogens is 1. The maximum atomic E-state index is 13.6. The molecule has 1 heterocycles. The Balaban J connectivity index is 1.96. The van der Waals surface area contributed by atoms with Crippen molar-refractivity contribution >= 4 is 10.9 Å². The Bertz CT molecular complexity index is 778. The zero-order valence-electron chi connectivity index (χ0n) is 12.6. The smallest absolute Gasteiger partial charge is 0.361 e. The van der Waals surface area contributed by atoms with Crippen LogP contribution < -0.4 is 5.32 Å². The molecule has 0 bridgehead atoms. The minimum atomic E-state index is -4.38. The molecule has 120 valence electrons. The van der Waals surface area contributed by atoms with E-state index in [1.54, 1.807) is 31.2 Å². The Morgan fingerprint density at radius 3 is 2.30 bits per heavy atom. The molecule has 3 aromatic rings. The number of aromatic amines is 1. The number of benzene rings is 2. The van der Waals surface area contributed by atoms with Gasteiger partial charge in [0.2, 0.25) is 0 Å². The van der Waals surface area contributed by atoms with E-state index in [1.807, 2.05) is 30.3 Å². The van der Waals surface area contributed by atoms with Gasteiger partial charge in [0.25, 0.3) is 0 Å². The molecule has 2 nitrogen and oxygen atoms in total. The summed E-state index contributed by atoms with van der Waals surface area (Å²) in [6.45, 7) is 1.74. The van der Waals surface area contributed by atoms with Gasteiger partial charge in [0.15, 0.2) is 0 Å². The lowest BCUT2D eigenvalue weighted by Crippen LogP contribution is -2.35. The normalized spacial score (nSPS) is 14.8. The second-order valence-electron chi connectivity index (χ2n) is 5.56. The summed E-state index contributed by atoms with van der Waals surface area (Å²) in [5.41, 5.74) is 1.74. The molecule has 0 fully saturated rings. The van der Waals surface area contributed by atoms with Gasteiger partial charge < -0.3 is 4.98 Å². The van der Waals surface area contributed by atoms with Crippen LogP contribution in [0.2, 0.25) is 0 Å². The maximum Gasteiger partial charge on any atom is 0.408 e. The first kappa shape index (κ1) is 15.6. The van der Waals surface area contributed by atoms with E-state index in [1.165, 1.54) is 6.20 Å². The Kier molecular flexibility index (Phi) is 4.13. The lowest BCUT2D eigenvalue weighted by atomic mass is 10.0. The van der Waals surface area contributed by atoms with E-state index >= 15 is 0 Å². The van der Waals surface area contributed by atoms with Crippen LogP contribution in [-0.2, 0) is 0 Å². The SMILES string of the molecule is C[C@H](N[C@H](c1c[nH]c2ccccc12)C(F)(F)F)c1ccccc1. The third kappa shape index (κ3) is 3.24. The van der Waals surface area contributed by atoms with Crippen LogP contribution >= 0.6 is 0 Å². The summed E-state index contributed by atoms with van der Waals surface area (Å²) in [7, 11) is 0. The molecule has 0 unspecified atom stereocenters. The molecular weight excluding hydrogens is 301 g/mol. The number of halogens is 3. The van der Waals surface area contributed by atoms with Gasteiger partial charge in [0.1, 0.15) is 6.04 Å². The third-order valence-electron chi connectivity index (χ3n) is 3.98. The summed E-state index contributed by atoms with van der Waals surface area (Å²) < 4.78 is 40.8. The van der Waals surface area contributed by atoms with E-state index in [0.717, 1.165) is 5.56 Å². The molecule has 5 heteroatoms. The second kappa shape index (κ2) is 6.08. The number of hydrogen-bond donors (Lipinski definition) is 2. The van der Waals surface area contributed by atoms with Crippen LogP contribution in [0.15, 0.2) is 60.8 Å². The third-order valence-corrected chi connectivity index (χ3v) is 3.98. The van der Waals surface area contributed by atoms with Crippen LogP contribution in [0.25, 0.3) is 10.9 Å². The van der Waals surface area contributed by atoms with Crippen LogP contribution in [-0.4, -0.2) is 11.2 Å². The number of fused-ring (bicyclic) bond motifs is 1. The first-order valence-corrected chi connectivity index (χ1v) is 7.40. The van der Waals surface area contributed by atoms with Gasteiger partial charge in [0, 0.05) is 28.7 Å². The van der Waals surface area contributed by atoms with Crippen LogP contribution in [0.1, 0.15) is 30.1 Å². The van der Waals surface area contributed by atoms with Crippen LogP contribution in [0, 0.1) is 0 Å². The zero-order valence-corrected chi connectivity index (χ0v) is 12.6. The molecule has 23 heavy (non-hydrogen) atoms. The summed E-state index contributed by atoms with van der Waals surface area (Å²) >= 11 is 0. The second-order valence-corrected chi connectivity index (χ2v) is 5.56. The van der Waals surface area contributed by atoms with Crippen molar-refractivity contribution in [2.24, 2.45) is 0 Å². The first-order valence-electron chi connectivity index (χ1n) is 7.40. The lowest BCUT2D eigenvalue weighted by Gasteiger charge is -2.25. The van der Waals surface area contributed by atoms with Crippen molar-refractivity contribution in [2.45, 2.75) is 25.2 Å². The lowest BCUT2D eigenvalue weighted by molar-refractivity contribution is -0.159. The molecule has 2 atom stereocenters. The molecule has 2 aromatic carbocycles. The Labute approximate surface area is 132 Å². The molecule has 0 aliphatic rings. The van der Waals surface area contributed by atoms with Crippen LogP contribution in [0.3, 0.4) is 0 Å². The topological polar surface area (TPSA) is 27.8 Å². The first-order chi connectivity index (χ1) is 11.0. The number of para-hydroxylation sites is 1. The van der Waals surface area contributed by atoms with Crippen LogP contribution in [0.5, 0.6) is 0 Å². The highest BCUT2D eigenvalue weighted by atomic mass is 19.4. The van der Waals surface area contributed by atoms with Gasteiger partial charge >= 0.3 is 6.18 Å². The van der Waals surface area contributed by atoms with Gasteiger partial charge in [-0.2, -0.15) is 13.2 Å². The van der Waals surface area contributed by atoms with Gasteiger partial charge in [-0.15, -0.1) is 0 Å². The summed E-state index contributed by atoms with van der Waals surface area (Å²) in [4.78, 5) is 2.91. The largest absolute Gasteiger partial charge is 0.408 e. The van der Waals surface area contributed by atoms with E-state index < -0.39 is 18.3 Å². The number of alkyl halides is 3. The average molecular weight is 318 g/mol. The van der Waals surface area contributed by atoms with Crippen molar-refractivity contribution < 1.29 is 13.2 Å². The predicted octanol–water partition coefficient (Wildman–Crippen LogP) is 5.12. The van der Waals surface area contributed by atoms with Crippen molar-refractivity contribution in [1.29, 1.82) is 0 Å². The van der Waals surface area contributed by atoms with E-state index in [4.69, 9.17) is 0 Å². The molecule has 0 amide bonds. The standard InChI is InChI=1S/C18H17F3N2/c1-12(13-7-3-2-4-8-13)23-17(18(19,20)21)15-11-22-16-10-6-5-9-14(15)16/h2-12,17,22-23H,1H3/t12-,17+/m0/s1. The fourth-order valence-corrected chi connectivity index (χ4v) is 2.78. The summed E-state index contributed by atoms with van der Waals surface area (Å²) in [5, 5.41) is 3.31. The van der Waals surface area contributed by atoms with Gasteiger partial charge in [-0.05, 0) is 18.6 Å². The molecule has 0 aliphatic carbocycles. The quantitative estimate of drug-likeness (QED) is 0.686. The molecule has 1 aromatic heterocycles. The fraction of sp³-hybridized carbons (Fsp3) is 0.222. The molecule has 0 saturated carbocycles. The van der Waals surface area contributed by atoms with Crippen molar-refractivity contribution in [3.8, 4) is 0 Å². The highest BCUT2D eigenvalue weighted by Crippen LogP contribution is 2.37. The molecule has 2 N–H and O–H groups in total. The molecule has 3 rings (SSSR count). The Morgan fingerprint density at radius 2 is 1.61 bits per heavy atom. The van der Waals surface area contributed by atoms with Gasteiger partial charge in [0.05, 0.1) is 0 Å². The van der Waals surface area contributed by atoms with Crippen molar-refractivity contribution in [1.82, 2.24) is 10.3 Å².